The summed E-state index contributed by atoms with van der Waals surface area (Å²) in [5, 5.41) is 6.05. The van der Waals surface area contributed by atoms with Gasteiger partial charge in [0.2, 0.25) is 0 Å². The van der Waals surface area contributed by atoms with E-state index in [0.717, 1.165) is 41.2 Å². The van der Waals surface area contributed by atoms with Crippen LogP contribution in [0, 0.1) is 5.82 Å². The van der Waals surface area contributed by atoms with E-state index in [-0.39, 0.29) is 5.82 Å². The van der Waals surface area contributed by atoms with Gasteiger partial charge in [0.05, 0.1) is 13.2 Å². The largest absolute Gasteiger partial charge is 0.378 e. The first-order chi connectivity index (χ1) is 20.7. The highest BCUT2D eigenvalue weighted by Crippen LogP contribution is 2.45. The normalized spacial score (nSPS) is 13.9. The summed E-state index contributed by atoms with van der Waals surface area (Å²) in [7, 11) is 0. The number of halogens is 2. The van der Waals surface area contributed by atoms with Crippen molar-refractivity contribution in [1.29, 1.82) is 0 Å². The number of fused-ring (bicyclic) bond motifs is 1. The molecule has 0 amide bonds. The van der Waals surface area contributed by atoms with E-state index in [9.17, 15) is 0 Å². The lowest BCUT2D eigenvalue weighted by atomic mass is 9.77. The SMILES string of the molecule is Fc1cc(Br)cc2c(-c3ccnc(N4CCOCC4)c3)nn(C(c3ccccc3)(c3ccccc3)c3ccccc3)c12. The van der Waals surface area contributed by atoms with Crippen molar-refractivity contribution < 1.29 is 9.13 Å². The van der Waals surface area contributed by atoms with Gasteiger partial charge in [0, 0.05) is 34.7 Å². The van der Waals surface area contributed by atoms with E-state index in [4.69, 9.17) is 9.84 Å². The highest BCUT2D eigenvalue weighted by molar-refractivity contribution is 9.10. The molecule has 6 aromatic rings. The number of aromatic nitrogens is 3. The van der Waals surface area contributed by atoms with Gasteiger partial charge in [-0.05, 0) is 41.0 Å². The third kappa shape index (κ3) is 4.49. The monoisotopic (exact) mass is 618 g/mol. The zero-order chi connectivity index (χ0) is 28.5. The van der Waals surface area contributed by atoms with Gasteiger partial charge in [0.15, 0.2) is 0 Å². The average molecular weight is 620 g/mol. The highest BCUT2D eigenvalue weighted by atomic mass is 79.9. The molecule has 42 heavy (non-hydrogen) atoms. The molecule has 0 unspecified atom stereocenters. The molecule has 0 atom stereocenters. The number of rotatable bonds is 6. The Balaban J connectivity index is 1.57. The molecule has 1 saturated heterocycles. The van der Waals surface area contributed by atoms with E-state index < -0.39 is 5.54 Å². The van der Waals surface area contributed by atoms with Crippen molar-refractivity contribution in [3.63, 3.8) is 0 Å². The van der Waals surface area contributed by atoms with Gasteiger partial charge in [-0.3, -0.25) is 0 Å². The van der Waals surface area contributed by atoms with Gasteiger partial charge in [-0.25, -0.2) is 14.1 Å². The molecule has 1 aliphatic rings. The summed E-state index contributed by atoms with van der Waals surface area (Å²) in [5.41, 5.74) is 3.95. The Bertz CT molecular complexity index is 1740. The zero-order valence-electron chi connectivity index (χ0n) is 22.8. The van der Waals surface area contributed by atoms with E-state index in [1.807, 2.05) is 77.5 Å². The fourth-order valence-corrected chi connectivity index (χ4v) is 6.49. The van der Waals surface area contributed by atoms with Crippen LogP contribution >= 0.6 is 15.9 Å². The number of hydrogen-bond acceptors (Lipinski definition) is 4. The Morgan fingerprint density at radius 2 is 1.31 bits per heavy atom. The predicted molar refractivity (Wildman–Crippen MR) is 168 cm³/mol. The molecule has 1 fully saturated rings. The number of nitrogens with zero attached hydrogens (tertiary/aromatic N) is 4. The maximum atomic E-state index is 16.4. The summed E-state index contributed by atoms with van der Waals surface area (Å²) >= 11 is 3.55. The van der Waals surface area contributed by atoms with E-state index >= 15 is 4.39 Å². The molecule has 3 heterocycles. The summed E-state index contributed by atoms with van der Waals surface area (Å²) in [5.74, 6) is 0.502. The Morgan fingerprint density at radius 1 is 0.738 bits per heavy atom. The molecule has 2 aromatic heterocycles. The van der Waals surface area contributed by atoms with Gasteiger partial charge < -0.3 is 9.64 Å². The maximum Gasteiger partial charge on any atom is 0.150 e. The van der Waals surface area contributed by atoms with Crippen LogP contribution in [0.15, 0.2) is 126 Å². The maximum absolute atomic E-state index is 16.4. The summed E-state index contributed by atoms with van der Waals surface area (Å²) in [6.07, 6.45) is 1.80. The third-order valence-corrected chi connectivity index (χ3v) is 8.40. The Labute approximate surface area is 252 Å². The van der Waals surface area contributed by atoms with Crippen molar-refractivity contribution in [2.24, 2.45) is 0 Å². The van der Waals surface area contributed by atoms with Crippen LogP contribution in [-0.2, 0) is 10.3 Å². The van der Waals surface area contributed by atoms with Crippen LogP contribution in [0.1, 0.15) is 16.7 Å². The molecule has 7 rings (SSSR count). The van der Waals surface area contributed by atoms with Crippen LogP contribution in [0.25, 0.3) is 22.2 Å². The Hall–Kier alpha value is -4.33. The van der Waals surface area contributed by atoms with E-state index in [0.29, 0.717) is 34.3 Å². The van der Waals surface area contributed by atoms with Crippen LogP contribution in [0.2, 0.25) is 0 Å². The third-order valence-electron chi connectivity index (χ3n) is 7.94. The number of pyridine rings is 1. The topological polar surface area (TPSA) is 43.2 Å². The van der Waals surface area contributed by atoms with Crippen molar-refractivity contribution in [2.45, 2.75) is 5.54 Å². The molecule has 0 aliphatic carbocycles. The quantitative estimate of drug-likeness (QED) is 0.180. The van der Waals surface area contributed by atoms with Gasteiger partial charge in [0.25, 0.3) is 0 Å². The Morgan fingerprint density at radius 3 is 1.88 bits per heavy atom. The standard InChI is InChI=1S/C35H28BrFN4O/c36-29-23-30-33(25-16-17-38-32(22-25)40-18-20-42-21-19-40)39-41(34(30)31(37)24-29)35(26-10-4-1-5-11-26,27-12-6-2-7-13-27)28-14-8-3-9-15-28/h1-17,22-24H,18-21H2. The van der Waals surface area contributed by atoms with Crippen LogP contribution in [0.3, 0.4) is 0 Å². The second-order valence-corrected chi connectivity index (χ2v) is 11.3. The molecule has 0 bridgehead atoms. The average Bonchev–Trinajstić information content (AvgIpc) is 3.43. The molecule has 0 spiro atoms. The van der Waals surface area contributed by atoms with Gasteiger partial charge in [-0.1, -0.05) is 107 Å². The van der Waals surface area contributed by atoms with E-state index in [2.05, 4.69) is 62.2 Å². The van der Waals surface area contributed by atoms with Gasteiger partial charge >= 0.3 is 0 Å². The van der Waals surface area contributed by atoms with Crippen molar-refractivity contribution in [3.8, 4) is 11.3 Å². The molecular weight excluding hydrogens is 591 g/mol. The molecule has 4 aromatic carbocycles. The second-order valence-electron chi connectivity index (χ2n) is 10.4. The fraction of sp³-hybridized carbons (Fsp3) is 0.143. The van der Waals surface area contributed by atoms with Crippen LogP contribution in [0.5, 0.6) is 0 Å². The lowest BCUT2D eigenvalue weighted by Gasteiger charge is -2.37. The van der Waals surface area contributed by atoms with Gasteiger partial charge in [0.1, 0.15) is 28.4 Å². The van der Waals surface area contributed by atoms with Crippen LogP contribution in [-0.4, -0.2) is 41.1 Å². The minimum atomic E-state index is -0.963. The molecule has 7 heteroatoms. The van der Waals surface area contributed by atoms with Crippen LogP contribution in [0.4, 0.5) is 10.2 Å². The zero-order valence-corrected chi connectivity index (χ0v) is 24.4. The first-order valence-electron chi connectivity index (χ1n) is 14.0. The minimum absolute atomic E-state index is 0.354. The lowest BCUT2D eigenvalue weighted by Crippen LogP contribution is -2.38. The number of morpholine rings is 1. The molecule has 0 N–H and O–H groups in total. The van der Waals surface area contributed by atoms with Crippen molar-refractivity contribution >= 4 is 32.7 Å². The van der Waals surface area contributed by atoms with Crippen molar-refractivity contribution in [1.82, 2.24) is 14.8 Å². The molecule has 0 radical (unpaired) electrons. The first kappa shape index (κ1) is 26.6. The molecule has 208 valence electrons. The fourth-order valence-electron chi connectivity index (χ4n) is 6.06. The lowest BCUT2D eigenvalue weighted by molar-refractivity contribution is 0.122. The molecule has 0 saturated carbocycles. The highest BCUT2D eigenvalue weighted by Gasteiger charge is 2.41. The van der Waals surface area contributed by atoms with E-state index in [1.54, 1.807) is 6.20 Å². The predicted octanol–water partition coefficient (Wildman–Crippen LogP) is 7.68. The number of ether oxygens (including phenoxy) is 1. The number of anilines is 1. The Kier molecular flexibility index (Phi) is 7.06. The van der Waals surface area contributed by atoms with E-state index in [1.165, 1.54) is 6.07 Å². The first-order valence-corrected chi connectivity index (χ1v) is 14.8. The molecular formula is C35H28BrFN4O. The van der Waals surface area contributed by atoms with Gasteiger partial charge in [-0.15, -0.1) is 0 Å². The summed E-state index contributed by atoms with van der Waals surface area (Å²) in [4.78, 5) is 6.87. The molecule has 5 nitrogen and oxygen atoms in total. The van der Waals surface area contributed by atoms with Gasteiger partial charge in [-0.2, -0.15) is 5.10 Å². The van der Waals surface area contributed by atoms with Crippen molar-refractivity contribution in [3.05, 3.63) is 148 Å². The van der Waals surface area contributed by atoms with Crippen LogP contribution < -0.4 is 4.90 Å². The van der Waals surface area contributed by atoms with Crippen molar-refractivity contribution in [2.75, 3.05) is 31.2 Å². The molecule has 1 aliphatic heterocycles. The number of hydrogen-bond donors (Lipinski definition) is 0. The summed E-state index contributed by atoms with van der Waals surface area (Å²) in [6, 6.07) is 38.1. The smallest absolute Gasteiger partial charge is 0.150 e. The summed E-state index contributed by atoms with van der Waals surface area (Å²) in [6.45, 7) is 2.86. The minimum Gasteiger partial charge on any atom is -0.378 e. The second kappa shape index (κ2) is 11.2. The number of benzene rings is 4. The summed E-state index contributed by atoms with van der Waals surface area (Å²) < 4.78 is 24.5.